The standard InChI is InChI=1S/C14H12F4N2/c1-20(12-5-3-2-4-10(12)15)13-7-6-9(8-11(13)19)14(16,17)18/h2-8H,19H2,1H3. The molecular weight excluding hydrogens is 272 g/mol. The van der Waals surface area contributed by atoms with Crippen molar-refractivity contribution in [2.24, 2.45) is 0 Å². The van der Waals surface area contributed by atoms with Crippen LogP contribution in [0, 0.1) is 5.82 Å². The molecule has 0 heterocycles. The lowest BCUT2D eigenvalue weighted by Gasteiger charge is -2.22. The molecule has 2 rings (SSSR count). The third-order valence-electron chi connectivity index (χ3n) is 2.93. The van der Waals surface area contributed by atoms with Gasteiger partial charge in [-0.2, -0.15) is 13.2 Å². The molecule has 2 aromatic rings. The zero-order chi connectivity index (χ0) is 14.9. The van der Waals surface area contributed by atoms with Gasteiger partial charge in [0.25, 0.3) is 0 Å². The van der Waals surface area contributed by atoms with Gasteiger partial charge in [0.05, 0.1) is 22.6 Å². The fourth-order valence-corrected chi connectivity index (χ4v) is 1.89. The molecule has 0 saturated carbocycles. The number of nitrogen functional groups attached to an aromatic ring is 1. The first-order valence-electron chi connectivity index (χ1n) is 5.75. The van der Waals surface area contributed by atoms with Gasteiger partial charge in [0, 0.05) is 7.05 Å². The monoisotopic (exact) mass is 284 g/mol. The quantitative estimate of drug-likeness (QED) is 0.661. The number of alkyl halides is 3. The van der Waals surface area contributed by atoms with E-state index in [1.54, 1.807) is 6.07 Å². The minimum absolute atomic E-state index is 0.0643. The minimum atomic E-state index is -4.46. The first-order valence-corrected chi connectivity index (χ1v) is 5.75. The van der Waals surface area contributed by atoms with Crippen molar-refractivity contribution in [2.45, 2.75) is 6.18 Å². The second kappa shape index (κ2) is 5.03. The van der Waals surface area contributed by atoms with Gasteiger partial charge in [-0.3, -0.25) is 0 Å². The second-order valence-corrected chi connectivity index (χ2v) is 4.28. The Bertz CT molecular complexity index is 623. The highest BCUT2D eigenvalue weighted by atomic mass is 19.4. The van der Waals surface area contributed by atoms with Crippen molar-refractivity contribution in [1.29, 1.82) is 0 Å². The van der Waals surface area contributed by atoms with Crippen LogP contribution < -0.4 is 10.6 Å². The molecule has 0 bridgehead atoms. The van der Waals surface area contributed by atoms with Crippen molar-refractivity contribution in [3.63, 3.8) is 0 Å². The number of halogens is 4. The van der Waals surface area contributed by atoms with E-state index >= 15 is 0 Å². The molecule has 2 N–H and O–H groups in total. The summed E-state index contributed by atoms with van der Waals surface area (Å²) < 4.78 is 51.3. The highest BCUT2D eigenvalue weighted by molar-refractivity contribution is 5.75. The maximum absolute atomic E-state index is 13.7. The van der Waals surface area contributed by atoms with Gasteiger partial charge in [-0.1, -0.05) is 12.1 Å². The lowest BCUT2D eigenvalue weighted by molar-refractivity contribution is -0.137. The van der Waals surface area contributed by atoms with Crippen LogP contribution in [0.2, 0.25) is 0 Å². The van der Waals surface area contributed by atoms with Gasteiger partial charge < -0.3 is 10.6 Å². The van der Waals surface area contributed by atoms with Crippen LogP contribution >= 0.6 is 0 Å². The number of anilines is 3. The van der Waals surface area contributed by atoms with Crippen molar-refractivity contribution in [3.8, 4) is 0 Å². The summed E-state index contributed by atoms with van der Waals surface area (Å²) in [6, 6.07) is 8.94. The lowest BCUT2D eigenvalue weighted by atomic mass is 10.1. The van der Waals surface area contributed by atoms with Crippen molar-refractivity contribution in [1.82, 2.24) is 0 Å². The molecule has 0 aromatic heterocycles. The Morgan fingerprint density at radius 2 is 1.65 bits per heavy atom. The zero-order valence-corrected chi connectivity index (χ0v) is 10.6. The smallest absolute Gasteiger partial charge is 0.397 e. The largest absolute Gasteiger partial charge is 0.416 e. The molecule has 0 atom stereocenters. The molecule has 0 fully saturated rings. The zero-order valence-electron chi connectivity index (χ0n) is 10.6. The number of benzene rings is 2. The number of nitrogens with two attached hydrogens (primary N) is 1. The van der Waals surface area contributed by atoms with E-state index in [1.165, 1.54) is 36.2 Å². The van der Waals surface area contributed by atoms with Crippen LogP contribution in [0.25, 0.3) is 0 Å². The first kappa shape index (κ1) is 14.2. The topological polar surface area (TPSA) is 29.3 Å². The van der Waals surface area contributed by atoms with Gasteiger partial charge in [-0.05, 0) is 30.3 Å². The average molecular weight is 284 g/mol. The van der Waals surface area contributed by atoms with E-state index in [4.69, 9.17) is 5.73 Å². The molecule has 106 valence electrons. The minimum Gasteiger partial charge on any atom is -0.397 e. The molecular formula is C14H12F4N2. The van der Waals surface area contributed by atoms with Gasteiger partial charge in [-0.25, -0.2) is 4.39 Å². The predicted molar refractivity (Wildman–Crippen MR) is 70.3 cm³/mol. The number of hydrogen-bond donors (Lipinski definition) is 1. The molecule has 0 aliphatic rings. The van der Waals surface area contributed by atoms with Crippen LogP contribution in [0.1, 0.15) is 5.56 Å². The molecule has 6 heteroatoms. The van der Waals surface area contributed by atoms with Crippen molar-refractivity contribution in [2.75, 3.05) is 17.7 Å². The Balaban J connectivity index is 2.42. The molecule has 0 aliphatic heterocycles. The normalized spacial score (nSPS) is 11.4. The van der Waals surface area contributed by atoms with Crippen molar-refractivity contribution in [3.05, 3.63) is 53.8 Å². The molecule has 2 aromatic carbocycles. The summed E-state index contributed by atoms with van der Waals surface area (Å²) in [5, 5.41) is 0. The SMILES string of the molecule is CN(c1ccc(C(F)(F)F)cc1N)c1ccccc1F. The molecule has 20 heavy (non-hydrogen) atoms. The summed E-state index contributed by atoms with van der Waals surface area (Å²) in [6.07, 6.45) is -4.46. The second-order valence-electron chi connectivity index (χ2n) is 4.28. The van der Waals surface area contributed by atoms with Gasteiger partial charge in [0.2, 0.25) is 0 Å². The third-order valence-corrected chi connectivity index (χ3v) is 2.93. The number of nitrogens with zero attached hydrogens (tertiary/aromatic N) is 1. The summed E-state index contributed by atoms with van der Waals surface area (Å²) >= 11 is 0. The number of hydrogen-bond acceptors (Lipinski definition) is 2. The maximum atomic E-state index is 13.7. The molecule has 0 saturated heterocycles. The van der Waals surface area contributed by atoms with E-state index in [0.29, 0.717) is 5.69 Å². The van der Waals surface area contributed by atoms with E-state index in [-0.39, 0.29) is 11.4 Å². The van der Waals surface area contributed by atoms with Gasteiger partial charge in [0.1, 0.15) is 5.82 Å². The van der Waals surface area contributed by atoms with E-state index in [0.717, 1.165) is 12.1 Å². The van der Waals surface area contributed by atoms with E-state index in [9.17, 15) is 17.6 Å². The van der Waals surface area contributed by atoms with Crippen LogP contribution in [-0.4, -0.2) is 7.05 Å². The van der Waals surface area contributed by atoms with Crippen molar-refractivity contribution < 1.29 is 17.6 Å². The van der Waals surface area contributed by atoms with Gasteiger partial charge >= 0.3 is 6.18 Å². The summed E-state index contributed by atoms with van der Waals surface area (Å²) in [6.45, 7) is 0. The van der Waals surface area contributed by atoms with Gasteiger partial charge in [-0.15, -0.1) is 0 Å². The average Bonchev–Trinajstić information content (AvgIpc) is 2.37. The fraction of sp³-hybridized carbons (Fsp3) is 0.143. The number of para-hydroxylation sites is 1. The van der Waals surface area contributed by atoms with Crippen LogP contribution in [0.15, 0.2) is 42.5 Å². The molecule has 0 aliphatic carbocycles. The highest BCUT2D eigenvalue weighted by Gasteiger charge is 2.31. The van der Waals surface area contributed by atoms with E-state index in [1.807, 2.05) is 0 Å². The van der Waals surface area contributed by atoms with E-state index < -0.39 is 17.6 Å². The maximum Gasteiger partial charge on any atom is 0.416 e. The molecule has 0 radical (unpaired) electrons. The molecule has 0 spiro atoms. The fourth-order valence-electron chi connectivity index (χ4n) is 1.89. The third kappa shape index (κ3) is 2.68. The van der Waals surface area contributed by atoms with E-state index in [2.05, 4.69) is 0 Å². The van der Waals surface area contributed by atoms with Crippen LogP contribution in [0.3, 0.4) is 0 Å². The highest BCUT2D eigenvalue weighted by Crippen LogP contribution is 2.36. The Labute approximate surface area is 113 Å². The van der Waals surface area contributed by atoms with Crippen LogP contribution in [-0.2, 0) is 6.18 Å². The summed E-state index contributed by atoms with van der Waals surface area (Å²) in [5.74, 6) is -0.478. The van der Waals surface area contributed by atoms with Gasteiger partial charge in [0.15, 0.2) is 0 Å². The Hall–Kier alpha value is -2.24. The molecule has 0 amide bonds. The van der Waals surface area contributed by atoms with Crippen LogP contribution in [0.4, 0.5) is 34.6 Å². The predicted octanol–water partition coefficient (Wildman–Crippen LogP) is 4.19. The summed E-state index contributed by atoms with van der Waals surface area (Å²) in [4.78, 5) is 1.41. The summed E-state index contributed by atoms with van der Waals surface area (Å²) in [5.41, 5.74) is 5.29. The Kier molecular flexibility index (Phi) is 3.57. The summed E-state index contributed by atoms with van der Waals surface area (Å²) in [7, 11) is 1.54. The number of rotatable bonds is 2. The Morgan fingerprint density at radius 1 is 1.00 bits per heavy atom. The molecule has 2 nitrogen and oxygen atoms in total. The van der Waals surface area contributed by atoms with Crippen molar-refractivity contribution >= 4 is 17.1 Å². The molecule has 0 unspecified atom stereocenters. The van der Waals surface area contributed by atoms with Crippen LogP contribution in [0.5, 0.6) is 0 Å². The first-order chi connectivity index (χ1) is 9.30. The lowest BCUT2D eigenvalue weighted by Crippen LogP contribution is -2.14. The Morgan fingerprint density at radius 3 is 2.20 bits per heavy atom.